The van der Waals surface area contributed by atoms with Crippen molar-refractivity contribution in [1.29, 1.82) is 0 Å². The largest absolute Gasteiger partial charge is 0.481 e. The number of ether oxygens (including phenoxy) is 3. The topological polar surface area (TPSA) is 82.1 Å². The lowest BCUT2D eigenvalue weighted by Gasteiger charge is -2.36. The Morgan fingerprint density at radius 3 is 2.68 bits per heavy atom. The number of methoxy groups -OCH3 is 1. The van der Waals surface area contributed by atoms with Gasteiger partial charge < -0.3 is 19.3 Å². The molecule has 1 N–H and O–H groups in total. The van der Waals surface area contributed by atoms with E-state index in [1.807, 2.05) is 13.8 Å². The van der Waals surface area contributed by atoms with E-state index in [9.17, 15) is 9.59 Å². The van der Waals surface area contributed by atoms with Crippen LogP contribution in [0.4, 0.5) is 0 Å². The molecule has 1 rings (SSSR count). The molecule has 110 valence electrons. The normalized spacial score (nSPS) is 23.6. The van der Waals surface area contributed by atoms with Crippen LogP contribution in [0.1, 0.15) is 39.5 Å². The summed E-state index contributed by atoms with van der Waals surface area (Å²) in [5.74, 6) is -3.50. The molecule has 2 atom stereocenters. The van der Waals surface area contributed by atoms with E-state index in [0.29, 0.717) is 19.4 Å². The Bertz CT molecular complexity index is 325. The van der Waals surface area contributed by atoms with Crippen LogP contribution < -0.4 is 0 Å². The molecule has 6 nitrogen and oxygen atoms in total. The first-order valence-electron chi connectivity index (χ1n) is 6.48. The van der Waals surface area contributed by atoms with E-state index in [4.69, 9.17) is 14.6 Å². The average molecular weight is 274 g/mol. The fourth-order valence-corrected chi connectivity index (χ4v) is 2.17. The van der Waals surface area contributed by atoms with Gasteiger partial charge in [-0.15, -0.1) is 0 Å². The van der Waals surface area contributed by atoms with E-state index in [1.165, 1.54) is 7.11 Å². The molecule has 1 heterocycles. The highest BCUT2D eigenvalue weighted by Gasteiger charge is 2.30. The average Bonchev–Trinajstić information content (AvgIpc) is 2.32. The zero-order valence-electron chi connectivity index (χ0n) is 11.7. The third-order valence-corrected chi connectivity index (χ3v) is 3.14. The van der Waals surface area contributed by atoms with Crippen molar-refractivity contribution in [2.75, 3.05) is 13.7 Å². The third-order valence-electron chi connectivity index (χ3n) is 3.14. The Morgan fingerprint density at radius 1 is 1.47 bits per heavy atom. The molecule has 0 radical (unpaired) electrons. The van der Waals surface area contributed by atoms with Gasteiger partial charge in [0, 0.05) is 0 Å². The smallest absolute Gasteiger partial charge is 0.320 e. The number of carboxylic acid groups (broad SMARTS) is 1. The van der Waals surface area contributed by atoms with Gasteiger partial charge in [0.15, 0.2) is 11.7 Å². The predicted octanol–water partition coefficient (Wildman–Crippen LogP) is 1.57. The fourth-order valence-electron chi connectivity index (χ4n) is 2.17. The zero-order valence-corrected chi connectivity index (χ0v) is 11.7. The maximum atomic E-state index is 11.3. The van der Waals surface area contributed by atoms with E-state index in [1.54, 1.807) is 0 Å². The summed E-state index contributed by atoms with van der Waals surface area (Å²) in [5.41, 5.74) is 0. The molecule has 1 unspecified atom stereocenters. The van der Waals surface area contributed by atoms with Crippen LogP contribution in [0.5, 0.6) is 0 Å². The van der Waals surface area contributed by atoms with Crippen molar-refractivity contribution in [2.24, 2.45) is 5.92 Å². The quantitative estimate of drug-likeness (QED) is 0.585. The number of hydrogen-bond acceptors (Lipinski definition) is 5. The summed E-state index contributed by atoms with van der Waals surface area (Å²) in [6.45, 7) is 4.35. The zero-order chi connectivity index (χ0) is 14.5. The first-order valence-corrected chi connectivity index (χ1v) is 6.48. The number of esters is 1. The first-order chi connectivity index (χ1) is 8.85. The van der Waals surface area contributed by atoms with Gasteiger partial charge in [0.05, 0.1) is 19.8 Å². The van der Waals surface area contributed by atoms with E-state index >= 15 is 0 Å². The summed E-state index contributed by atoms with van der Waals surface area (Å²) in [6.07, 6.45) is 2.43. The van der Waals surface area contributed by atoms with E-state index in [2.05, 4.69) is 4.74 Å². The Balaban J connectivity index is 2.36. The van der Waals surface area contributed by atoms with Crippen molar-refractivity contribution in [3.05, 3.63) is 0 Å². The molecule has 1 aliphatic rings. The van der Waals surface area contributed by atoms with Crippen molar-refractivity contribution in [2.45, 2.75) is 51.4 Å². The highest BCUT2D eigenvalue weighted by Crippen LogP contribution is 2.25. The molecular weight excluding hydrogens is 252 g/mol. The first kappa shape index (κ1) is 15.9. The van der Waals surface area contributed by atoms with Gasteiger partial charge in [0.2, 0.25) is 0 Å². The van der Waals surface area contributed by atoms with Crippen LogP contribution in [-0.2, 0) is 23.8 Å². The van der Waals surface area contributed by atoms with Gasteiger partial charge in [0.25, 0.3) is 0 Å². The second kappa shape index (κ2) is 6.86. The molecule has 1 saturated heterocycles. The van der Waals surface area contributed by atoms with Crippen LogP contribution in [0, 0.1) is 5.92 Å². The number of rotatable bonds is 6. The van der Waals surface area contributed by atoms with Gasteiger partial charge in [-0.3, -0.25) is 9.59 Å². The number of carboxylic acids is 1. The van der Waals surface area contributed by atoms with Crippen LogP contribution in [0.25, 0.3) is 0 Å². The summed E-state index contributed by atoms with van der Waals surface area (Å²) < 4.78 is 15.6. The Morgan fingerprint density at radius 2 is 2.16 bits per heavy atom. The molecule has 0 aliphatic carbocycles. The molecular formula is C13H22O6. The summed E-state index contributed by atoms with van der Waals surface area (Å²) in [4.78, 5) is 22.2. The second-order valence-electron chi connectivity index (χ2n) is 5.12. The highest BCUT2D eigenvalue weighted by atomic mass is 16.7. The molecule has 1 fully saturated rings. The summed E-state index contributed by atoms with van der Waals surface area (Å²) in [7, 11) is 1.20. The maximum absolute atomic E-state index is 11.3. The van der Waals surface area contributed by atoms with Gasteiger partial charge in [-0.25, -0.2) is 0 Å². The molecule has 0 amide bonds. The van der Waals surface area contributed by atoms with E-state index in [-0.39, 0.29) is 12.5 Å². The van der Waals surface area contributed by atoms with Gasteiger partial charge >= 0.3 is 11.9 Å². The van der Waals surface area contributed by atoms with Gasteiger partial charge in [-0.2, -0.15) is 0 Å². The lowest BCUT2D eigenvalue weighted by Crippen LogP contribution is -2.39. The maximum Gasteiger partial charge on any atom is 0.320 e. The van der Waals surface area contributed by atoms with Crippen molar-refractivity contribution >= 4 is 11.9 Å². The molecule has 0 saturated carbocycles. The van der Waals surface area contributed by atoms with Crippen molar-refractivity contribution in [1.82, 2.24) is 0 Å². The SMILES string of the molecule is COC(=O)C(CCC[C@H]1CCOC(C)(C)O1)C(=O)O. The molecule has 0 aromatic carbocycles. The van der Waals surface area contributed by atoms with Gasteiger partial charge in [0.1, 0.15) is 0 Å². The molecule has 6 heteroatoms. The molecule has 1 aliphatic heterocycles. The van der Waals surface area contributed by atoms with Crippen molar-refractivity contribution in [3.63, 3.8) is 0 Å². The Kier molecular flexibility index (Phi) is 5.75. The van der Waals surface area contributed by atoms with Crippen LogP contribution >= 0.6 is 0 Å². The fraction of sp³-hybridized carbons (Fsp3) is 0.846. The standard InChI is InChI=1S/C13H22O6/c1-13(2)18-8-7-9(19-13)5-4-6-10(11(14)15)12(16)17-3/h9-10H,4-8H2,1-3H3,(H,14,15)/t9-,10?/m0/s1. The molecule has 0 bridgehead atoms. The Labute approximate surface area is 113 Å². The van der Waals surface area contributed by atoms with Crippen LogP contribution in [-0.4, -0.2) is 42.7 Å². The number of carbonyl (C=O) groups is 2. The monoisotopic (exact) mass is 274 g/mol. The lowest BCUT2D eigenvalue weighted by atomic mass is 9.99. The second-order valence-corrected chi connectivity index (χ2v) is 5.12. The van der Waals surface area contributed by atoms with Gasteiger partial charge in [-0.05, 0) is 39.5 Å². The van der Waals surface area contributed by atoms with Gasteiger partial charge in [-0.1, -0.05) is 0 Å². The minimum atomic E-state index is -1.14. The predicted molar refractivity (Wildman–Crippen MR) is 66.5 cm³/mol. The van der Waals surface area contributed by atoms with E-state index in [0.717, 1.165) is 6.42 Å². The third kappa shape index (κ3) is 5.16. The molecule has 19 heavy (non-hydrogen) atoms. The number of carbonyl (C=O) groups excluding carboxylic acids is 1. The minimum absolute atomic E-state index is 0.0517. The highest BCUT2D eigenvalue weighted by molar-refractivity contribution is 5.93. The Hall–Kier alpha value is -1.14. The summed E-state index contributed by atoms with van der Waals surface area (Å²) in [6, 6.07) is 0. The van der Waals surface area contributed by atoms with Crippen LogP contribution in [0.3, 0.4) is 0 Å². The minimum Gasteiger partial charge on any atom is -0.481 e. The summed E-state index contributed by atoms with van der Waals surface area (Å²) >= 11 is 0. The van der Waals surface area contributed by atoms with Crippen molar-refractivity contribution in [3.8, 4) is 0 Å². The summed E-state index contributed by atoms with van der Waals surface area (Å²) in [5, 5.41) is 8.94. The van der Waals surface area contributed by atoms with Crippen molar-refractivity contribution < 1.29 is 28.9 Å². The molecule has 0 aromatic rings. The molecule has 0 aromatic heterocycles. The van der Waals surface area contributed by atoms with Crippen LogP contribution in [0.2, 0.25) is 0 Å². The molecule has 0 spiro atoms. The number of aliphatic carboxylic acids is 1. The van der Waals surface area contributed by atoms with E-state index < -0.39 is 23.6 Å². The lowest BCUT2D eigenvalue weighted by molar-refractivity contribution is -0.274. The van der Waals surface area contributed by atoms with Crippen LogP contribution in [0.15, 0.2) is 0 Å². The number of hydrogen-bond donors (Lipinski definition) is 1.